The third-order valence-electron chi connectivity index (χ3n) is 2.62. The molecular weight excluding hydrogens is 164 g/mol. The van der Waals surface area contributed by atoms with Crippen LogP contribution >= 0.6 is 0 Å². The standard InChI is InChI=1S/C10H20N2O/c1-8(12-9(2)13)3-4-10-5-6-11-7-10/h8,10-11H,3-7H2,1-2H3,(H,12,13). The molecule has 0 saturated carbocycles. The second-order valence-electron chi connectivity index (χ2n) is 4.04. The van der Waals surface area contributed by atoms with Crippen LogP contribution in [-0.4, -0.2) is 25.0 Å². The summed E-state index contributed by atoms with van der Waals surface area (Å²) in [5.41, 5.74) is 0. The second kappa shape index (κ2) is 5.22. The first-order valence-corrected chi connectivity index (χ1v) is 5.16. The summed E-state index contributed by atoms with van der Waals surface area (Å²) in [6.07, 6.45) is 3.63. The lowest BCUT2D eigenvalue weighted by Gasteiger charge is -2.14. The second-order valence-corrected chi connectivity index (χ2v) is 4.04. The first-order valence-electron chi connectivity index (χ1n) is 5.16. The zero-order valence-corrected chi connectivity index (χ0v) is 8.60. The van der Waals surface area contributed by atoms with Crippen LogP contribution in [0.2, 0.25) is 0 Å². The highest BCUT2D eigenvalue weighted by molar-refractivity contribution is 5.73. The van der Waals surface area contributed by atoms with Gasteiger partial charge in [-0.05, 0) is 45.2 Å². The molecule has 1 aliphatic rings. The van der Waals surface area contributed by atoms with Gasteiger partial charge in [0.15, 0.2) is 0 Å². The van der Waals surface area contributed by atoms with E-state index >= 15 is 0 Å². The molecule has 1 amide bonds. The smallest absolute Gasteiger partial charge is 0.217 e. The maximum Gasteiger partial charge on any atom is 0.217 e. The van der Waals surface area contributed by atoms with Crippen LogP contribution in [0, 0.1) is 5.92 Å². The Morgan fingerprint density at radius 1 is 1.69 bits per heavy atom. The summed E-state index contributed by atoms with van der Waals surface area (Å²) in [6.45, 7) is 5.98. The van der Waals surface area contributed by atoms with Crippen LogP contribution < -0.4 is 10.6 Å². The van der Waals surface area contributed by atoms with E-state index in [9.17, 15) is 4.79 Å². The maximum absolute atomic E-state index is 10.7. The average molecular weight is 184 g/mol. The molecule has 76 valence electrons. The summed E-state index contributed by atoms with van der Waals surface area (Å²) in [6, 6.07) is 0.332. The van der Waals surface area contributed by atoms with E-state index in [-0.39, 0.29) is 5.91 Å². The fraction of sp³-hybridized carbons (Fsp3) is 0.900. The lowest BCUT2D eigenvalue weighted by atomic mass is 10.00. The zero-order valence-electron chi connectivity index (χ0n) is 8.60. The van der Waals surface area contributed by atoms with Crippen LogP contribution in [0.4, 0.5) is 0 Å². The van der Waals surface area contributed by atoms with Gasteiger partial charge in [0.2, 0.25) is 5.91 Å². The van der Waals surface area contributed by atoms with E-state index in [0.29, 0.717) is 6.04 Å². The molecule has 1 rings (SSSR count). The lowest BCUT2D eigenvalue weighted by molar-refractivity contribution is -0.119. The van der Waals surface area contributed by atoms with Crippen molar-refractivity contribution >= 4 is 5.91 Å². The molecule has 2 atom stereocenters. The van der Waals surface area contributed by atoms with Gasteiger partial charge < -0.3 is 10.6 Å². The van der Waals surface area contributed by atoms with Crippen molar-refractivity contribution in [3.8, 4) is 0 Å². The Kier molecular flexibility index (Phi) is 4.22. The first-order chi connectivity index (χ1) is 6.18. The molecule has 1 aliphatic heterocycles. The molecule has 1 fully saturated rings. The summed E-state index contributed by atoms with van der Waals surface area (Å²) < 4.78 is 0. The summed E-state index contributed by atoms with van der Waals surface area (Å²) in [7, 11) is 0. The predicted molar refractivity (Wildman–Crippen MR) is 53.5 cm³/mol. The quantitative estimate of drug-likeness (QED) is 0.681. The van der Waals surface area contributed by atoms with Crippen LogP contribution in [0.25, 0.3) is 0 Å². The fourth-order valence-corrected chi connectivity index (χ4v) is 1.87. The number of amides is 1. The van der Waals surface area contributed by atoms with E-state index in [2.05, 4.69) is 17.6 Å². The highest BCUT2D eigenvalue weighted by Gasteiger charge is 2.15. The third-order valence-corrected chi connectivity index (χ3v) is 2.62. The fourth-order valence-electron chi connectivity index (χ4n) is 1.87. The Labute approximate surface area is 80.3 Å². The van der Waals surface area contributed by atoms with Crippen molar-refractivity contribution in [1.29, 1.82) is 0 Å². The van der Waals surface area contributed by atoms with E-state index in [0.717, 1.165) is 18.9 Å². The van der Waals surface area contributed by atoms with Crippen LogP contribution in [0.5, 0.6) is 0 Å². The molecule has 13 heavy (non-hydrogen) atoms. The Morgan fingerprint density at radius 3 is 3.00 bits per heavy atom. The summed E-state index contributed by atoms with van der Waals surface area (Å²) in [4.78, 5) is 10.7. The molecule has 0 aliphatic carbocycles. The average Bonchev–Trinajstić information content (AvgIpc) is 2.51. The Bertz CT molecular complexity index is 164. The van der Waals surface area contributed by atoms with Crippen molar-refractivity contribution in [2.24, 2.45) is 5.92 Å². The highest BCUT2D eigenvalue weighted by atomic mass is 16.1. The van der Waals surface area contributed by atoms with Crippen molar-refractivity contribution in [3.63, 3.8) is 0 Å². The molecule has 0 aromatic rings. The number of carbonyl (C=O) groups excluding carboxylic acids is 1. The van der Waals surface area contributed by atoms with Crippen LogP contribution in [-0.2, 0) is 4.79 Å². The zero-order chi connectivity index (χ0) is 9.68. The van der Waals surface area contributed by atoms with Gasteiger partial charge in [-0.3, -0.25) is 4.79 Å². The summed E-state index contributed by atoms with van der Waals surface area (Å²) >= 11 is 0. The van der Waals surface area contributed by atoms with Crippen molar-refractivity contribution in [2.45, 2.75) is 39.2 Å². The lowest BCUT2D eigenvalue weighted by Crippen LogP contribution is -2.30. The molecule has 0 spiro atoms. The number of rotatable bonds is 4. The summed E-state index contributed by atoms with van der Waals surface area (Å²) in [5.74, 6) is 0.910. The van der Waals surface area contributed by atoms with Crippen LogP contribution in [0.3, 0.4) is 0 Å². The van der Waals surface area contributed by atoms with Gasteiger partial charge in [0, 0.05) is 13.0 Å². The molecule has 0 aromatic heterocycles. The van der Waals surface area contributed by atoms with E-state index in [1.807, 2.05) is 0 Å². The minimum atomic E-state index is 0.0806. The first kappa shape index (κ1) is 10.5. The Hall–Kier alpha value is -0.570. The van der Waals surface area contributed by atoms with E-state index < -0.39 is 0 Å². The third kappa shape index (κ3) is 4.27. The van der Waals surface area contributed by atoms with Crippen molar-refractivity contribution in [2.75, 3.05) is 13.1 Å². The molecular formula is C10H20N2O. The molecule has 0 aromatic carbocycles. The minimum Gasteiger partial charge on any atom is -0.354 e. The van der Waals surface area contributed by atoms with Gasteiger partial charge in [-0.15, -0.1) is 0 Å². The van der Waals surface area contributed by atoms with Gasteiger partial charge in [0.05, 0.1) is 0 Å². The van der Waals surface area contributed by atoms with E-state index in [1.54, 1.807) is 6.92 Å². The van der Waals surface area contributed by atoms with Crippen LogP contribution in [0.15, 0.2) is 0 Å². The Morgan fingerprint density at radius 2 is 2.46 bits per heavy atom. The highest BCUT2D eigenvalue weighted by Crippen LogP contribution is 2.15. The van der Waals surface area contributed by atoms with Gasteiger partial charge in [0.1, 0.15) is 0 Å². The van der Waals surface area contributed by atoms with Crippen molar-refractivity contribution in [3.05, 3.63) is 0 Å². The van der Waals surface area contributed by atoms with Gasteiger partial charge in [-0.25, -0.2) is 0 Å². The maximum atomic E-state index is 10.7. The van der Waals surface area contributed by atoms with E-state index in [4.69, 9.17) is 0 Å². The number of hydrogen-bond acceptors (Lipinski definition) is 2. The van der Waals surface area contributed by atoms with Gasteiger partial charge in [0.25, 0.3) is 0 Å². The molecule has 1 saturated heterocycles. The van der Waals surface area contributed by atoms with Crippen molar-refractivity contribution in [1.82, 2.24) is 10.6 Å². The molecule has 2 N–H and O–H groups in total. The monoisotopic (exact) mass is 184 g/mol. The topological polar surface area (TPSA) is 41.1 Å². The molecule has 3 nitrogen and oxygen atoms in total. The molecule has 3 heteroatoms. The van der Waals surface area contributed by atoms with Gasteiger partial charge >= 0.3 is 0 Å². The molecule has 0 radical (unpaired) electrons. The molecule has 0 bridgehead atoms. The normalized spacial score (nSPS) is 24.3. The Balaban J connectivity index is 2.06. The largest absolute Gasteiger partial charge is 0.354 e. The number of carbonyl (C=O) groups is 1. The van der Waals surface area contributed by atoms with Gasteiger partial charge in [-0.2, -0.15) is 0 Å². The van der Waals surface area contributed by atoms with E-state index in [1.165, 1.54) is 19.4 Å². The molecule has 2 unspecified atom stereocenters. The molecule has 1 heterocycles. The number of hydrogen-bond donors (Lipinski definition) is 2. The SMILES string of the molecule is CC(=O)NC(C)CCC1CCNC1. The minimum absolute atomic E-state index is 0.0806. The van der Waals surface area contributed by atoms with Gasteiger partial charge in [-0.1, -0.05) is 0 Å². The number of nitrogens with one attached hydrogen (secondary N) is 2. The van der Waals surface area contributed by atoms with Crippen molar-refractivity contribution < 1.29 is 4.79 Å². The van der Waals surface area contributed by atoms with Crippen LogP contribution in [0.1, 0.15) is 33.1 Å². The predicted octanol–water partition coefficient (Wildman–Crippen LogP) is 0.901. The summed E-state index contributed by atoms with van der Waals surface area (Å²) in [5, 5.41) is 6.26.